The third-order valence-electron chi connectivity index (χ3n) is 5.07. The molecule has 1 saturated carbocycles. The minimum Gasteiger partial charge on any atom is -0.497 e. The summed E-state index contributed by atoms with van der Waals surface area (Å²) in [5.41, 5.74) is 6.39. The number of rotatable bonds is 7. The fourth-order valence-corrected chi connectivity index (χ4v) is 3.57. The summed E-state index contributed by atoms with van der Waals surface area (Å²) in [6.45, 7) is 2.34. The van der Waals surface area contributed by atoms with E-state index in [0.29, 0.717) is 6.54 Å². The smallest absolute Gasteiger partial charge is 0.223 e. The molecule has 0 spiro atoms. The van der Waals surface area contributed by atoms with Crippen LogP contribution < -0.4 is 15.8 Å². The SMILES string of the molecule is COc1ccc(C2(CNC(=O)[C@H](C)CC(N)=O)CCCCC2)cc1. The van der Waals surface area contributed by atoms with Crippen molar-refractivity contribution in [1.82, 2.24) is 5.32 Å². The Labute approximate surface area is 143 Å². The van der Waals surface area contributed by atoms with E-state index in [0.717, 1.165) is 18.6 Å². The molecule has 0 heterocycles. The van der Waals surface area contributed by atoms with Crippen LogP contribution in [0.4, 0.5) is 0 Å². The minimum atomic E-state index is -0.444. The highest BCUT2D eigenvalue weighted by atomic mass is 16.5. The van der Waals surface area contributed by atoms with Crippen LogP contribution in [-0.4, -0.2) is 25.5 Å². The molecule has 0 unspecified atom stereocenters. The molecule has 0 saturated heterocycles. The van der Waals surface area contributed by atoms with Crippen LogP contribution in [0.2, 0.25) is 0 Å². The first kappa shape index (κ1) is 18.3. The number of methoxy groups -OCH3 is 1. The number of hydrogen-bond donors (Lipinski definition) is 2. The maximum Gasteiger partial charge on any atom is 0.223 e. The van der Waals surface area contributed by atoms with E-state index in [-0.39, 0.29) is 23.7 Å². The summed E-state index contributed by atoms with van der Waals surface area (Å²) in [4.78, 5) is 23.3. The van der Waals surface area contributed by atoms with Crippen molar-refractivity contribution in [3.05, 3.63) is 29.8 Å². The van der Waals surface area contributed by atoms with Crippen LogP contribution in [0.15, 0.2) is 24.3 Å². The van der Waals surface area contributed by atoms with Gasteiger partial charge in [-0.05, 0) is 30.5 Å². The van der Waals surface area contributed by atoms with Crippen LogP contribution >= 0.6 is 0 Å². The van der Waals surface area contributed by atoms with Crippen molar-refractivity contribution in [2.75, 3.05) is 13.7 Å². The molecule has 132 valence electrons. The van der Waals surface area contributed by atoms with Gasteiger partial charge in [0.05, 0.1) is 7.11 Å². The van der Waals surface area contributed by atoms with Crippen LogP contribution in [0.25, 0.3) is 0 Å². The number of amides is 2. The van der Waals surface area contributed by atoms with Gasteiger partial charge in [-0.15, -0.1) is 0 Å². The first-order valence-electron chi connectivity index (χ1n) is 8.67. The molecular formula is C19H28N2O3. The molecule has 1 fully saturated rings. The number of primary amides is 1. The predicted octanol–water partition coefficient (Wildman–Crippen LogP) is 2.52. The molecule has 1 aromatic rings. The van der Waals surface area contributed by atoms with Crippen molar-refractivity contribution in [2.24, 2.45) is 11.7 Å². The van der Waals surface area contributed by atoms with Gasteiger partial charge in [-0.25, -0.2) is 0 Å². The van der Waals surface area contributed by atoms with E-state index in [2.05, 4.69) is 17.4 Å². The molecule has 1 aromatic carbocycles. The Morgan fingerprint density at radius 1 is 1.21 bits per heavy atom. The third-order valence-corrected chi connectivity index (χ3v) is 5.07. The van der Waals surface area contributed by atoms with Gasteiger partial charge in [-0.3, -0.25) is 9.59 Å². The Morgan fingerprint density at radius 2 is 1.83 bits per heavy atom. The van der Waals surface area contributed by atoms with Crippen LogP contribution in [0, 0.1) is 5.92 Å². The number of ether oxygens (including phenoxy) is 1. The second kappa shape index (κ2) is 8.18. The molecule has 3 N–H and O–H groups in total. The van der Waals surface area contributed by atoms with Crippen molar-refractivity contribution in [3.63, 3.8) is 0 Å². The fraction of sp³-hybridized carbons (Fsp3) is 0.579. The monoisotopic (exact) mass is 332 g/mol. The molecule has 2 amide bonds. The highest BCUT2D eigenvalue weighted by Gasteiger charge is 2.34. The van der Waals surface area contributed by atoms with Crippen LogP contribution in [0.3, 0.4) is 0 Å². The van der Waals surface area contributed by atoms with Gasteiger partial charge in [0, 0.05) is 24.3 Å². The zero-order valence-electron chi connectivity index (χ0n) is 14.6. The molecule has 5 nitrogen and oxygen atoms in total. The molecule has 5 heteroatoms. The van der Waals surface area contributed by atoms with Crippen LogP contribution in [0.5, 0.6) is 5.75 Å². The van der Waals surface area contributed by atoms with E-state index in [1.807, 2.05) is 12.1 Å². The number of carbonyl (C=O) groups is 2. The van der Waals surface area contributed by atoms with E-state index >= 15 is 0 Å². The lowest BCUT2D eigenvalue weighted by atomic mass is 9.69. The maximum atomic E-state index is 12.3. The summed E-state index contributed by atoms with van der Waals surface area (Å²) >= 11 is 0. The fourth-order valence-electron chi connectivity index (χ4n) is 3.57. The molecule has 0 aromatic heterocycles. The van der Waals surface area contributed by atoms with E-state index in [1.165, 1.54) is 24.8 Å². The quantitative estimate of drug-likeness (QED) is 0.805. The number of carbonyl (C=O) groups excluding carboxylic acids is 2. The molecule has 0 bridgehead atoms. The van der Waals surface area contributed by atoms with E-state index in [9.17, 15) is 9.59 Å². The Bertz CT molecular complexity index is 562. The van der Waals surface area contributed by atoms with Crippen LogP contribution in [-0.2, 0) is 15.0 Å². The normalized spacial score (nSPS) is 17.8. The van der Waals surface area contributed by atoms with E-state index in [1.54, 1.807) is 14.0 Å². The van der Waals surface area contributed by atoms with Gasteiger partial charge in [-0.2, -0.15) is 0 Å². The number of nitrogens with one attached hydrogen (secondary N) is 1. The van der Waals surface area contributed by atoms with Gasteiger partial charge in [0.2, 0.25) is 11.8 Å². The standard InChI is InChI=1S/C19H28N2O3/c1-14(12-17(20)22)18(23)21-13-19(10-4-3-5-11-19)15-6-8-16(24-2)9-7-15/h6-9,14H,3-5,10-13H2,1-2H3,(H2,20,22)(H,21,23)/t14-/m1/s1. The number of nitrogens with two attached hydrogens (primary N) is 1. The van der Waals surface area contributed by atoms with Crippen molar-refractivity contribution in [1.29, 1.82) is 0 Å². The highest BCUT2D eigenvalue weighted by Crippen LogP contribution is 2.39. The minimum absolute atomic E-state index is 0.0351. The molecular weight excluding hydrogens is 304 g/mol. The molecule has 24 heavy (non-hydrogen) atoms. The third kappa shape index (κ3) is 4.49. The lowest BCUT2D eigenvalue weighted by molar-refractivity contribution is -0.128. The lowest BCUT2D eigenvalue weighted by Crippen LogP contribution is -2.44. The second-order valence-electron chi connectivity index (χ2n) is 6.86. The zero-order chi connectivity index (χ0) is 17.6. The summed E-state index contributed by atoms with van der Waals surface area (Å²) in [6.07, 6.45) is 5.77. The topological polar surface area (TPSA) is 81.4 Å². The van der Waals surface area contributed by atoms with Gasteiger partial charge in [0.1, 0.15) is 5.75 Å². The Balaban J connectivity index is 2.10. The molecule has 0 aliphatic heterocycles. The molecule has 1 atom stereocenters. The van der Waals surface area contributed by atoms with Crippen molar-refractivity contribution in [2.45, 2.75) is 50.9 Å². The summed E-state index contributed by atoms with van der Waals surface area (Å²) in [6, 6.07) is 8.15. The van der Waals surface area contributed by atoms with Crippen molar-refractivity contribution in [3.8, 4) is 5.75 Å². The number of benzene rings is 1. The maximum absolute atomic E-state index is 12.3. The van der Waals surface area contributed by atoms with Gasteiger partial charge in [0.15, 0.2) is 0 Å². The molecule has 1 aliphatic rings. The van der Waals surface area contributed by atoms with Gasteiger partial charge in [0.25, 0.3) is 0 Å². The van der Waals surface area contributed by atoms with Crippen LogP contribution in [0.1, 0.15) is 51.0 Å². The van der Waals surface area contributed by atoms with Gasteiger partial charge < -0.3 is 15.8 Å². The van der Waals surface area contributed by atoms with Gasteiger partial charge in [-0.1, -0.05) is 38.3 Å². The molecule has 0 radical (unpaired) electrons. The largest absolute Gasteiger partial charge is 0.497 e. The summed E-state index contributed by atoms with van der Waals surface area (Å²) in [5, 5.41) is 3.05. The van der Waals surface area contributed by atoms with Crippen molar-refractivity contribution < 1.29 is 14.3 Å². The predicted molar refractivity (Wildman–Crippen MR) is 93.7 cm³/mol. The van der Waals surface area contributed by atoms with Crippen molar-refractivity contribution >= 4 is 11.8 Å². The Kier molecular flexibility index (Phi) is 6.23. The van der Waals surface area contributed by atoms with E-state index in [4.69, 9.17) is 10.5 Å². The lowest BCUT2D eigenvalue weighted by Gasteiger charge is -2.38. The average Bonchev–Trinajstić information content (AvgIpc) is 2.60. The zero-order valence-corrected chi connectivity index (χ0v) is 14.6. The number of hydrogen-bond acceptors (Lipinski definition) is 3. The Morgan fingerprint density at radius 3 is 2.38 bits per heavy atom. The van der Waals surface area contributed by atoms with E-state index < -0.39 is 5.91 Å². The van der Waals surface area contributed by atoms with Gasteiger partial charge >= 0.3 is 0 Å². The summed E-state index contributed by atoms with van der Waals surface area (Å²) < 4.78 is 5.24. The molecule has 2 rings (SSSR count). The average molecular weight is 332 g/mol. The second-order valence-corrected chi connectivity index (χ2v) is 6.86. The molecule has 1 aliphatic carbocycles. The summed E-state index contributed by atoms with van der Waals surface area (Å²) in [7, 11) is 1.66. The Hall–Kier alpha value is -2.04. The first-order valence-corrected chi connectivity index (χ1v) is 8.67. The highest BCUT2D eigenvalue weighted by molar-refractivity contribution is 5.84. The first-order chi connectivity index (χ1) is 11.5. The summed E-state index contributed by atoms with van der Waals surface area (Å²) in [5.74, 6) is -0.102.